The predicted octanol–water partition coefficient (Wildman–Crippen LogP) is 2.19. The lowest BCUT2D eigenvalue weighted by molar-refractivity contribution is -0.116. The zero-order valence-electron chi connectivity index (χ0n) is 10.9. The third kappa shape index (κ3) is 5.46. The molecule has 2 heterocycles. The van der Waals surface area contributed by atoms with E-state index in [-0.39, 0.29) is 30.7 Å². The summed E-state index contributed by atoms with van der Waals surface area (Å²) in [4.78, 5) is 15.8. The van der Waals surface area contributed by atoms with E-state index in [9.17, 15) is 4.79 Å². The van der Waals surface area contributed by atoms with Gasteiger partial charge in [-0.1, -0.05) is 0 Å². The minimum Gasteiger partial charge on any atom is -0.373 e. The largest absolute Gasteiger partial charge is 0.373 e. The van der Waals surface area contributed by atoms with E-state index in [2.05, 4.69) is 20.7 Å². The summed E-state index contributed by atoms with van der Waals surface area (Å²) in [6.07, 6.45) is 5.53. The van der Waals surface area contributed by atoms with Crippen LogP contribution in [0.2, 0.25) is 0 Å². The van der Waals surface area contributed by atoms with Crippen LogP contribution in [0.3, 0.4) is 0 Å². The molecule has 0 atom stereocenters. The highest BCUT2D eigenvalue weighted by Gasteiger charge is 2.03. The Morgan fingerprint density at radius 2 is 2.15 bits per heavy atom. The van der Waals surface area contributed by atoms with Crippen LogP contribution in [0.4, 0.5) is 11.5 Å². The molecule has 0 spiro atoms. The number of amides is 1. The molecule has 6 nitrogen and oxygen atoms in total. The van der Waals surface area contributed by atoms with Gasteiger partial charge in [-0.2, -0.15) is 5.10 Å². The third-order valence-corrected chi connectivity index (χ3v) is 2.43. The highest BCUT2D eigenvalue weighted by Crippen LogP contribution is 2.09. The first-order valence-electron chi connectivity index (χ1n) is 5.69. The maximum Gasteiger partial charge on any atom is 0.226 e. The smallest absolute Gasteiger partial charge is 0.226 e. The molecule has 0 fully saturated rings. The fourth-order valence-corrected chi connectivity index (χ4v) is 1.49. The predicted molar refractivity (Wildman–Crippen MR) is 83.8 cm³/mol. The number of pyridine rings is 1. The van der Waals surface area contributed by atoms with Crippen molar-refractivity contribution in [2.24, 2.45) is 0 Å². The average Bonchev–Trinajstić information content (AvgIpc) is 2.90. The number of carbonyl (C=O) groups excluding carboxylic acids is 1. The van der Waals surface area contributed by atoms with Crippen LogP contribution < -0.4 is 10.6 Å². The lowest BCUT2D eigenvalue weighted by atomic mass is 10.3. The number of anilines is 2. The Bertz CT molecular complexity index is 501. The van der Waals surface area contributed by atoms with Crippen molar-refractivity contribution in [1.82, 2.24) is 14.8 Å². The molecule has 8 heteroatoms. The van der Waals surface area contributed by atoms with Gasteiger partial charge in [-0.3, -0.25) is 9.48 Å². The molecule has 2 rings (SSSR count). The average molecular weight is 318 g/mol. The molecule has 0 radical (unpaired) electrons. The fourth-order valence-electron chi connectivity index (χ4n) is 1.49. The van der Waals surface area contributed by atoms with Crippen molar-refractivity contribution in [2.75, 3.05) is 17.7 Å². The van der Waals surface area contributed by atoms with Gasteiger partial charge in [0.15, 0.2) is 0 Å². The van der Waals surface area contributed by atoms with Crippen molar-refractivity contribution in [3.63, 3.8) is 0 Å². The second kappa shape index (κ2) is 9.17. The Hall–Kier alpha value is -1.79. The Kier molecular flexibility index (Phi) is 8.35. The van der Waals surface area contributed by atoms with Crippen LogP contribution in [0.5, 0.6) is 0 Å². The second-order valence-corrected chi connectivity index (χ2v) is 3.75. The molecule has 2 aromatic heterocycles. The van der Waals surface area contributed by atoms with E-state index in [1.54, 1.807) is 24.1 Å². The van der Waals surface area contributed by atoms with E-state index in [4.69, 9.17) is 0 Å². The first-order valence-corrected chi connectivity index (χ1v) is 5.69. The minimum atomic E-state index is -0.0514. The molecular weight excluding hydrogens is 301 g/mol. The number of aromatic nitrogens is 3. The lowest BCUT2D eigenvalue weighted by Crippen LogP contribution is -2.14. The van der Waals surface area contributed by atoms with Gasteiger partial charge in [0.25, 0.3) is 0 Å². The van der Waals surface area contributed by atoms with Crippen molar-refractivity contribution in [1.29, 1.82) is 0 Å². The molecular formula is C12H17Cl2N5O. The van der Waals surface area contributed by atoms with E-state index < -0.39 is 0 Å². The molecule has 110 valence electrons. The van der Waals surface area contributed by atoms with Gasteiger partial charge in [0.05, 0.1) is 11.9 Å². The Labute approximate surface area is 129 Å². The maximum atomic E-state index is 11.7. The summed E-state index contributed by atoms with van der Waals surface area (Å²) in [5, 5.41) is 9.74. The number of halogens is 2. The number of rotatable bonds is 5. The number of hydrogen-bond acceptors (Lipinski definition) is 4. The summed E-state index contributed by atoms with van der Waals surface area (Å²) in [6, 6.07) is 5.45. The van der Waals surface area contributed by atoms with Crippen molar-refractivity contribution in [3.8, 4) is 0 Å². The van der Waals surface area contributed by atoms with Crippen LogP contribution >= 0.6 is 24.8 Å². The molecule has 2 aromatic rings. The molecule has 0 unspecified atom stereocenters. The zero-order chi connectivity index (χ0) is 12.8. The zero-order valence-corrected chi connectivity index (χ0v) is 12.6. The lowest BCUT2D eigenvalue weighted by Gasteiger charge is -2.06. The van der Waals surface area contributed by atoms with E-state index in [0.29, 0.717) is 18.7 Å². The molecule has 0 aliphatic rings. The van der Waals surface area contributed by atoms with Crippen LogP contribution in [0.1, 0.15) is 6.42 Å². The Balaban J connectivity index is 0.00000180. The normalized spacial score (nSPS) is 9.05. The van der Waals surface area contributed by atoms with Crippen molar-refractivity contribution >= 4 is 42.2 Å². The first-order chi connectivity index (χ1) is 8.78. The number of hydrogen-bond donors (Lipinski definition) is 2. The Morgan fingerprint density at radius 3 is 2.70 bits per heavy atom. The third-order valence-electron chi connectivity index (χ3n) is 2.43. The molecule has 0 saturated carbocycles. The van der Waals surface area contributed by atoms with Crippen LogP contribution in [0, 0.1) is 0 Å². The van der Waals surface area contributed by atoms with Crippen LogP contribution in [0.25, 0.3) is 0 Å². The number of nitrogens with one attached hydrogen (secondary N) is 2. The van der Waals surface area contributed by atoms with Gasteiger partial charge in [-0.25, -0.2) is 4.98 Å². The van der Waals surface area contributed by atoms with Crippen molar-refractivity contribution in [3.05, 3.63) is 36.8 Å². The molecule has 0 aromatic carbocycles. The standard InChI is InChI=1S/C12H15N5O.2ClH/c1-13-11-4-3-10(9-14-11)16-12(18)5-8-17-7-2-6-15-17;;/h2-4,6-7,9H,5,8H2,1H3,(H,13,14)(H,16,18);2*1H. The molecule has 0 saturated heterocycles. The van der Waals surface area contributed by atoms with Crippen molar-refractivity contribution in [2.45, 2.75) is 13.0 Å². The van der Waals surface area contributed by atoms with Gasteiger partial charge < -0.3 is 10.6 Å². The SMILES string of the molecule is CNc1ccc(NC(=O)CCn2cccn2)cn1.Cl.Cl. The highest BCUT2D eigenvalue weighted by molar-refractivity contribution is 5.90. The van der Waals surface area contributed by atoms with Gasteiger partial charge in [0.2, 0.25) is 5.91 Å². The van der Waals surface area contributed by atoms with E-state index >= 15 is 0 Å². The van der Waals surface area contributed by atoms with E-state index in [0.717, 1.165) is 5.82 Å². The summed E-state index contributed by atoms with van der Waals surface area (Å²) in [7, 11) is 1.80. The number of carbonyl (C=O) groups is 1. The summed E-state index contributed by atoms with van der Waals surface area (Å²) in [5.41, 5.74) is 0.694. The van der Waals surface area contributed by atoms with Crippen molar-refractivity contribution < 1.29 is 4.79 Å². The second-order valence-electron chi connectivity index (χ2n) is 3.75. The monoisotopic (exact) mass is 317 g/mol. The number of aryl methyl sites for hydroxylation is 1. The van der Waals surface area contributed by atoms with Gasteiger partial charge in [-0.05, 0) is 18.2 Å². The molecule has 0 aliphatic heterocycles. The summed E-state index contributed by atoms with van der Waals surface area (Å²) >= 11 is 0. The van der Waals surface area contributed by atoms with Crippen LogP contribution in [-0.2, 0) is 11.3 Å². The maximum absolute atomic E-state index is 11.7. The van der Waals surface area contributed by atoms with E-state index in [1.165, 1.54) is 0 Å². The van der Waals surface area contributed by atoms with Crippen LogP contribution in [-0.4, -0.2) is 27.7 Å². The minimum absolute atomic E-state index is 0. The summed E-state index contributed by atoms with van der Waals surface area (Å²) < 4.78 is 1.72. The van der Waals surface area contributed by atoms with E-state index in [1.807, 2.05) is 24.4 Å². The van der Waals surface area contributed by atoms with Gasteiger partial charge in [0.1, 0.15) is 5.82 Å². The molecule has 1 amide bonds. The highest BCUT2D eigenvalue weighted by atomic mass is 35.5. The van der Waals surface area contributed by atoms with Gasteiger partial charge >= 0.3 is 0 Å². The molecule has 0 aliphatic carbocycles. The van der Waals surface area contributed by atoms with Gasteiger partial charge in [-0.15, -0.1) is 24.8 Å². The molecule has 20 heavy (non-hydrogen) atoms. The summed E-state index contributed by atoms with van der Waals surface area (Å²) in [6.45, 7) is 0.570. The molecule has 2 N–H and O–H groups in total. The number of nitrogens with zero attached hydrogens (tertiary/aromatic N) is 3. The topological polar surface area (TPSA) is 71.8 Å². The van der Waals surface area contributed by atoms with Crippen LogP contribution in [0.15, 0.2) is 36.8 Å². The summed E-state index contributed by atoms with van der Waals surface area (Å²) in [5.74, 6) is 0.717. The fraction of sp³-hybridized carbons (Fsp3) is 0.250. The quantitative estimate of drug-likeness (QED) is 0.886. The van der Waals surface area contributed by atoms with Gasteiger partial charge in [0, 0.05) is 32.4 Å². The first kappa shape index (κ1) is 18.2. The Morgan fingerprint density at radius 1 is 1.35 bits per heavy atom. The molecule has 0 bridgehead atoms.